The summed E-state index contributed by atoms with van der Waals surface area (Å²) in [6, 6.07) is 6.41. The number of phenols is 1. The van der Waals surface area contributed by atoms with E-state index in [9.17, 15) is 4.79 Å². The summed E-state index contributed by atoms with van der Waals surface area (Å²) in [6.07, 6.45) is 2.14. The smallest absolute Gasteiger partial charge is 0.128 e. The molecule has 0 atom stereocenters. The Morgan fingerprint density at radius 2 is 1.80 bits per heavy atom. The molecule has 1 aromatic carbocycles. The number of hydrogen-bond donors (Lipinski definition) is 1. The molecule has 0 aliphatic carbocycles. The predicted molar refractivity (Wildman–Crippen MR) is 37.6 cm³/mol. The van der Waals surface area contributed by atoms with Crippen molar-refractivity contribution in [2.24, 2.45) is 0 Å². The third-order valence-electron chi connectivity index (χ3n) is 1.15. The summed E-state index contributed by atoms with van der Waals surface area (Å²) in [5.74, 6) is 0.211. The molecule has 2 nitrogen and oxygen atoms in total. The molecule has 51 valence electrons. The third-order valence-corrected chi connectivity index (χ3v) is 1.15. The van der Waals surface area contributed by atoms with E-state index >= 15 is 0 Å². The van der Waals surface area contributed by atoms with Gasteiger partial charge in [-0.3, -0.25) is 0 Å². The number of rotatable bonds is 2. The highest BCUT2D eigenvalue weighted by Crippen LogP contribution is 2.09. The van der Waals surface area contributed by atoms with Gasteiger partial charge >= 0.3 is 0 Å². The highest BCUT2D eigenvalue weighted by molar-refractivity contribution is 5.67. The summed E-state index contributed by atoms with van der Waals surface area (Å²) in [6.45, 7) is 0. The van der Waals surface area contributed by atoms with Gasteiger partial charge in [-0.2, -0.15) is 0 Å². The number of benzene rings is 1. The molecule has 0 unspecified atom stereocenters. The van der Waals surface area contributed by atoms with Gasteiger partial charge in [0.2, 0.25) is 0 Å². The monoisotopic (exact) mass is 135 g/mol. The zero-order chi connectivity index (χ0) is 7.40. The molecule has 0 bridgehead atoms. The Hall–Kier alpha value is -1.31. The Morgan fingerprint density at radius 3 is 2.30 bits per heavy atom. The number of carbonyl (C=O) groups is 1. The number of carbonyl (C=O) groups excluding carboxylic acids is 1. The van der Waals surface area contributed by atoms with E-state index in [1.165, 1.54) is 18.6 Å². The van der Waals surface area contributed by atoms with Gasteiger partial charge in [0, 0.05) is 0 Å². The normalized spacial score (nSPS) is 9.20. The zero-order valence-corrected chi connectivity index (χ0v) is 5.32. The second-order valence-corrected chi connectivity index (χ2v) is 1.89. The van der Waals surface area contributed by atoms with Gasteiger partial charge < -0.3 is 9.90 Å². The highest BCUT2D eigenvalue weighted by atomic mass is 16.3. The van der Waals surface area contributed by atoms with Crippen LogP contribution in [0.1, 0.15) is 5.56 Å². The molecule has 0 fully saturated rings. The summed E-state index contributed by atoms with van der Waals surface area (Å²) in [4.78, 5) is 9.94. The van der Waals surface area contributed by atoms with Crippen LogP contribution in [0.4, 0.5) is 0 Å². The fourth-order valence-corrected chi connectivity index (χ4v) is 0.664. The predicted octanol–water partition coefficient (Wildman–Crippen LogP) is 1.14. The Labute approximate surface area is 59.1 Å². The van der Waals surface area contributed by atoms with Crippen molar-refractivity contribution < 1.29 is 9.90 Å². The number of aldehydes is 1. The van der Waals surface area contributed by atoms with Crippen molar-refractivity contribution in [3.63, 3.8) is 0 Å². The Balaban J connectivity index is 2.78. The first-order chi connectivity index (χ1) is 4.83. The molecule has 1 aromatic rings. The maximum atomic E-state index is 9.94. The summed E-state index contributed by atoms with van der Waals surface area (Å²) in [5.41, 5.74) is 0.799. The minimum atomic E-state index is 0.211. The topological polar surface area (TPSA) is 37.3 Å². The average molecular weight is 135 g/mol. The van der Waals surface area contributed by atoms with Crippen molar-refractivity contribution in [3.8, 4) is 5.75 Å². The molecule has 0 saturated heterocycles. The first kappa shape index (κ1) is 6.81. The summed E-state index contributed by atoms with van der Waals surface area (Å²) < 4.78 is 0. The van der Waals surface area contributed by atoms with Crippen LogP contribution in [-0.4, -0.2) is 11.4 Å². The molecule has 10 heavy (non-hydrogen) atoms. The lowest BCUT2D eigenvalue weighted by atomic mass is 10.2. The van der Waals surface area contributed by atoms with E-state index in [-0.39, 0.29) is 5.75 Å². The number of phenolic OH excluding ortho intramolecular Hbond substituents is 1. The SMILES string of the molecule is O=C[CH]c1ccc(O)cc1. The van der Waals surface area contributed by atoms with E-state index in [1.807, 2.05) is 0 Å². The van der Waals surface area contributed by atoms with Crippen LogP contribution < -0.4 is 0 Å². The number of hydrogen-bond acceptors (Lipinski definition) is 2. The first-order valence-electron chi connectivity index (χ1n) is 2.90. The minimum Gasteiger partial charge on any atom is -0.508 e. The maximum Gasteiger partial charge on any atom is 0.128 e. The van der Waals surface area contributed by atoms with E-state index in [2.05, 4.69) is 0 Å². The molecule has 0 aromatic heterocycles. The van der Waals surface area contributed by atoms with E-state index in [1.54, 1.807) is 12.1 Å². The van der Waals surface area contributed by atoms with Gasteiger partial charge in [-0.25, -0.2) is 0 Å². The van der Waals surface area contributed by atoms with Crippen LogP contribution in [0.25, 0.3) is 0 Å². The van der Waals surface area contributed by atoms with Crippen LogP contribution in [0.5, 0.6) is 5.75 Å². The quantitative estimate of drug-likeness (QED) is 0.617. The van der Waals surface area contributed by atoms with Crippen LogP contribution >= 0.6 is 0 Å². The van der Waals surface area contributed by atoms with Gasteiger partial charge in [-0.05, 0) is 17.7 Å². The largest absolute Gasteiger partial charge is 0.508 e. The summed E-state index contributed by atoms with van der Waals surface area (Å²) >= 11 is 0. The lowest BCUT2D eigenvalue weighted by Gasteiger charge is -1.92. The van der Waals surface area contributed by atoms with Crippen LogP contribution in [-0.2, 0) is 4.79 Å². The van der Waals surface area contributed by atoms with Crippen LogP contribution in [0.15, 0.2) is 24.3 Å². The third kappa shape index (κ3) is 1.58. The molecule has 1 radical (unpaired) electrons. The molecular formula is C8H7O2. The fraction of sp³-hybridized carbons (Fsp3) is 0. The zero-order valence-electron chi connectivity index (χ0n) is 5.32. The molecule has 1 N–H and O–H groups in total. The van der Waals surface area contributed by atoms with Crippen molar-refractivity contribution in [2.75, 3.05) is 0 Å². The molecule has 0 amide bonds. The van der Waals surface area contributed by atoms with Crippen molar-refractivity contribution in [1.29, 1.82) is 0 Å². The second-order valence-electron chi connectivity index (χ2n) is 1.89. The number of aromatic hydroxyl groups is 1. The van der Waals surface area contributed by atoms with Crippen LogP contribution in [0.3, 0.4) is 0 Å². The summed E-state index contributed by atoms with van der Waals surface area (Å²) in [5, 5.41) is 8.82. The van der Waals surface area contributed by atoms with Gasteiger partial charge in [0.15, 0.2) is 0 Å². The molecule has 0 aliphatic heterocycles. The lowest BCUT2D eigenvalue weighted by molar-refractivity contribution is -0.104. The van der Waals surface area contributed by atoms with Crippen LogP contribution in [0, 0.1) is 6.42 Å². The van der Waals surface area contributed by atoms with Crippen molar-refractivity contribution >= 4 is 6.29 Å². The van der Waals surface area contributed by atoms with E-state index in [4.69, 9.17) is 5.11 Å². The van der Waals surface area contributed by atoms with E-state index in [0.29, 0.717) is 6.29 Å². The van der Waals surface area contributed by atoms with Crippen molar-refractivity contribution in [3.05, 3.63) is 36.2 Å². The van der Waals surface area contributed by atoms with Gasteiger partial charge in [0.1, 0.15) is 12.0 Å². The fourth-order valence-electron chi connectivity index (χ4n) is 0.664. The van der Waals surface area contributed by atoms with Crippen LogP contribution in [0.2, 0.25) is 0 Å². The minimum absolute atomic E-state index is 0.211. The second kappa shape index (κ2) is 3.01. The molecule has 0 saturated carbocycles. The molecule has 0 heterocycles. The first-order valence-corrected chi connectivity index (χ1v) is 2.90. The Morgan fingerprint density at radius 1 is 1.20 bits per heavy atom. The lowest BCUT2D eigenvalue weighted by Crippen LogP contribution is -1.79. The van der Waals surface area contributed by atoms with Crippen molar-refractivity contribution in [1.82, 2.24) is 0 Å². The Bertz CT molecular complexity index is 213. The van der Waals surface area contributed by atoms with Gasteiger partial charge in [-0.1, -0.05) is 12.1 Å². The van der Waals surface area contributed by atoms with E-state index in [0.717, 1.165) is 5.56 Å². The van der Waals surface area contributed by atoms with Gasteiger partial charge in [-0.15, -0.1) is 0 Å². The average Bonchev–Trinajstić information content (AvgIpc) is 1.95. The van der Waals surface area contributed by atoms with Gasteiger partial charge in [0.05, 0.1) is 6.42 Å². The molecular weight excluding hydrogens is 128 g/mol. The highest BCUT2D eigenvalue weighted by Gasteiger charge is 1.90. The molecule has 0 spiro atoms. The standard InChI is InChI=1S/C8H7O2/c9-6-5-7-1-3-8(10)4-2-7/h1-6,10H. The van der Waals surface area contributed by atoms with Crippen molar-refractivity contribution in [2.45, 2.75) is 0 Å². The van der Waals surface area contributed by atoms with E-state index < -0.39 is 0 Å². The van der Waals surface area contributed by atoms with Gasteiger partial charge in [0.25, 0.3) is 0 Å². The Kier molecular flexibility index (Phi) is 2.05. The maximum absolute atomic E-state index is 9.94. The molecule has 2 heteroatoms. The molecule has 0 aliphatic rings. The summed E-state index contributed by atoms with van der Waals surface area (Å²) in [7, 11) is 0. The molecule has 1 rings (SSSR count).